The Balaban J connectivity index is 2.17. The molecule has 0 aliphatic carbocycles. The van der Waals surface area contributed by atoms with Gasteiger partial charge in [0, 0.05) is 37.7 Å². The smallest absolute Gasteiger partial charge is 0.170 e. The summed E-state index contributed by atoms with van der Waals surface area (Å²) >= 11 is 0. The lowest BCUT2D eigenvalue weighted by Crippen LogP contribution is -2.19. The minimum absolute atomic E-state index is 0.0703. The van der Waals surface area contributed by atoms with Gasteiger partial charge in [-0.25, -0.2) is 4.98 Å². The van der Waals surface area contributed by atoms with E-state index in [4.69, 9.17) is 10.9 Å². The van der Waals surface area contributed by atoms with Crippen molar-refractivity contribution in [3.8, 4) is 0 Å². The summed E-state index contributed by atoms with van der Waals surface area (Å²) in [6.07, 6.45) is 5.14. The first-order valence-corrected chi connectivity index (χ1v) is 5.74. The van der Waals surface area contributed by atoms with Crippen LogP contribution in [-0.4, -0.2) is 28.1 Å². The van der Waals surface area contributed by atoms with Gasteiger partial charge in [0.1, 0.15) is 5.82 Å². The first-order chi connectivity index (χ1) is 9.20. The van der Waals surface area contributed by atoms with E-state index in [1.54, 1.807) is 30.7 Å². The van der Waals surface area contributed by atoms with Gasteiger partial charge in [-0.05, 0) is 29.8 Å². The maximum Gasteiger partial charge on any atom is 0.170 e. The number of pyridine rings is 2. The van der Waals surface area contributed by atoms with Gasteiger partial charge in [0.25, 0.3) is 0 Å². The number of nitrogens with zero attached hydrogens (tertiary/aromatic N) is 4. The normalized spacial score (nSPS) is 11.3. The second-order valence-corrected chi connectivity index (χ2v) is 4.10. The van der Waals surface area contributed by atoms with Crippen LogP contribution in [0.5, 0.6) is 0 Å². The highest BCUT2D eigenvalue weighted by atomic mass is 16.4. The molecule has 0 saturated heterocycles. The van der Waals surface area contributed by atoms with E-state index in [1.807, 2.05) is 24.1 Å². The Morgan fingerprint density at radius 3 is 2.74 bits per heavy atom. The van der Waals surface area contributed by atoms with Crippen molar-refractivity contribution in [1.82, 2.24) is 9.97 Å². The van der Waals surface area contributed by atoms with Crippen molar-refractivity contribution in [3.63, 3.8) is 0 Å². The minimum atomic E-state index is 0.0703. The Morgan fingerprint density at radius 1 is 1.32 bits per heavy atom. The number of rotatable bonds is 4. The average molecular weight is 257 g/mol. The van der Waals surface area contributed by atoms with Gasteiger partial charge in [0.2, 0.25) is 0 Å². The number of aromatic nitrogens is 2. The number of amidine groups is 1. The van der Waals surface area contributed by atoms with Crippen molar-refractivity contribution in [2.24, 2.45) is 10.9 Å². The topological polar surface area (TPSA) is 87.6 Å². The lowest BCUT2D eigenvalue weighted by atomic mass is 10.2. The predicted octanol–water partition coefficient (Wildman–Crippen LogP) is 1.21. The molecule has 2 heterocycles. The molecule has 2 aromatic heterocycles. The maximum absolute atomic E-state index is 8.67. The van der Waals surface area contributed by atoms with E-state index < -0.39 is 0 Å². The third-order valence-electron chi connectivity index (χ3n) is 2.71. The molecule has 3 N–H and O–H groups in total. The van der Waals surface area contributed by atoms with Crippen LogP contribution in [0.4, 0.5) is 5.82 Å². The van der Waals surface area contributed by atoms with Crippen LogP contribution in [0.25, 0.3) is 0 Å². The molecule has 0 aliphatic rings. The molecular formula is C13H15N5O. The van der Waals surface area contributed by atoms with Gasteiger partial charge in [0.05, 0.1) is 0 Å². The van der Waals surface area contributed by atoms with Gasteiger partial charge in [0.15, 0.2) is 5.84 Å². The first kappa shape index (κ1) is 12.8. The molecule has 2 rings (SSSR count). The summed E-state index contributed by atoms with van der Waals surface area (Å²) in [5.74, 6) is 0.821. The number of anilines is 1. The summed E-state index contributed by atoms with van der Waals surface area (Å²) in [5.41, 5.74) is 7.33. The quantitative estimate of drug-likeness (QED) is 0.372. The van der Waals surface area contributed by atoms with Crippen molar-refractivity contribution in [3.05, 3.63) is 54.0 Å². The molecule has 2 aromatic rings. The van der Waals surface area contributed by atoms with Gasteiger partial charge in [-0.1, -0.05) is 5.16 Å². The standard InChI is InChI=1S/C13H15N5O/c1-18(9-10-2-5-15-6-3-10)12-8-11(4-7-16-12)13(14)17-19/h2-8,19H,9H2,1H3,(H2,14,17). The Hall–Kier alpha value is -2.63. The largest absolute Gasteiger partial charge is 0.409 e. The van der Waals surface area contributed by atoms with E-state index in [-0.39, 0.29) is 5.84 Å². The zero-order valence-corrected chi connectivity index (χ0v) is 10.6. The molecule has 0 aromatic carbocycles. The molecule has 0 amide bonds. The van der Waals surface area contributed by atoms with E-state index in [2.05, 4.69) is 15.1 Å². The molecule has 98 valence electrons. The fraction of sp³-hybridized carbons (Fsp3) is 0.154. The summed E-state index contributed by atoms with van der Waals surface area (Å²) in [6, 6.07) is 7.36. The first-order valence-electron chi connectivity index (χ1n) is 5.74. The van der Waals surface area contributed by atoms with Crippen LogP contribution < -0.4 is 10.6 Å². The Bertz CT molecular complexity index is 570. The molecule has 6 heteroatoms. The van der Waals surface area contributed by atoms with Gasteiger partial charge in [-0.2, -0.15) is 0 Å². The molecule has 0 atom stereocenters. The molecule has 0 aliphatic heterocycles. The molecule has 0 radical (unpaired) electrons. The van der Waals surface area contributed by atoms with E-state index in [0.29, 0.717) is 12.1 Å². The van der Waals surface area contributed by atoms with Crippen molar-refractivity contribution >= 4 is 11.7 Å². The summed E-state index contributed by atoms with van der Waals surface area (Å²) in [4.78, 5) is 10.2. The highest BCUT2D eigenvalue weighted by Gasteiger charge is 2.06. The van der Waals surface area contributed by atoms with Crippen LogP contribution in [0.1, 0.15) is 11.1 Å². The highest BCUT2D eigenvalue weighted by molar-refractivity contribution is 5.97. The van der Waals surface area contributed by atoms with Crippen molar-refractivity contribution in [2.45, 2.75) is 6.54 Å². The predicted molar refractivity (Wildman–Crippen MR) is 73.1 cm³/mol. The minimum Gasteiger partial charge on any atom is -0.409 e. The summed E-state index contributed by atoms with van der Waals surface area (Å²) in [7, 11) is 1.93. The molecule has 0 fully saturated rings. The fourth-order valence-corrected chi connectivity index (χ4v) is 1.69. The third kappa shape index (κ3) is 3.19. The molecule has 0 unspecified atom stereocenters. The van der Waals surface area contributed by atoms with E-state index >= 15 is 0 Å². The number of hydrogen-bond acceptors (Lipinski definition) is 5. The van der Waals surface area contributed by atoms with Gasteiger partial charge in [-0.15, -0.1) is 0 Å². The number of oxime groups is 1. The average Bonchev–Trinajstić information content (AvgIpc) is 2.47. The number of hydrogen-bond donors (Lipinski definition) is 2. The highest BCUT2D eigenvalue weighted by Crippen LogP contribution is 2.13. The molecule has 0 saturated carbocycles. The molecule has 19 heavy (non-hydrogen) atoms. The Morgan fingerprint density at radius 2 is 2.05 bits per heavy atom. The van der Waals surface area contributed by atoms with Gasteiger partial charge in [-0.3, -0.25) is 4.98 Å². The molecule has 0 spiro atoms. The summed E-state index contributed by atoms with van der Waals surface area (Å²) in [5, 5.41) is 11.7. The Kier molecular flexibility index (Phi) is 3.92. The zero-order valence-electron chi connectivity index (χ0n) is 10.6. The van der Waals surface area contributed by atoms with Crippen LogP contribution in [0.2, 0.25) is 0 Å². The molecule has 0 bridgehead atoms. The fourth-order valence-electron chi connectivity index (χ4n) is 1.69. The number of nitrogens with two attached hydrogens (primary N) is 1. The van der Waals surface area contributed by atoms with Crippen LogP contribution >= 0.6 is 0 Å². The van der Waals surface area contributed by atoms with Crippen LogP contribution in [0, 0.1) is 0 Å². The summed E-state index contributed by atoms with van der Waals surface area (Å²) < 4.78 is 0. The van der Waals surface area contributed by atoms with Gasteiger partial charge < -0.3 is 15.8 Å². The van der Waals surface area contributed by atoms with Crippen LogP contribution in [-0.2, 0) is 6.54 Å². The second kappa shape index (κ2) is 5.81. The Labute approximate surface area is 111 Å². The third-order valence-corrected chi connectivity index (χ3v) is 2.71. The molecular weight excluding hydrogens is 242 g/mol. The lowest BCUT2D eigenvalue weighted by Gasteiger charge is -2.18. The molecule has 6 nitrogen and oxygen atoms in total. The van der Waals surface area contributed by atoms with E-state index in [1.165, 1.54) is 0 Å². The lowest BCUT2D eigenvalue weighted by molar-refractivity contribution is 0.318. The van der Waals surface area contributed by atoms with E-state index in [9.17, 15) is 0 Å². The van der Waals surface area contributed by atoms with Gasteiger partial charge >= 0.3 is 0 Å². The zero-order chi connectivity index (χ0) is 13.7. The van der Waals surface area contributed by atoms with E-state index in [0.717, 1.165) is 11.4 Å². The maximum atomic E-state index is 8.67. The van der Waals surface area contributed by atoms with Crippen LogP contribution in [0.15, 0.2) is 48.0 Å². The second-order valence-electron chi connectivity index (χ2n) is 4.10. The monoisotopic (exact) mass is 257 g/mol. The summed E-state index contributed by atoms with van der Waals surface area (Å²) in [6.45, 7) is 0.704. The van der Waals surface area contributed by atoms with Crippen molar-refractivity contribution < 1.29 is 5.21 Å². The van der Waals surface area contributed by atoms with Crippen molar-refractivity contribution in [1.29, 1.82) is 0 Å². The van der Waals surface area contributed by atoms with Crippen molar-refractivity contribution in [2.75, 3.05) is 11.9 Å². The SMILES string of the molecule is CN(Cc1ccncc1)c1cc(/C(N)=N/O)ccn1. The van der Waals surface area contributed by atoms with Crippen LogP contribution in [0.3, 0.4) is 0 Å².